The van der Waals surface area contributed by atoms with E-state index < -0.39 is 6.29 Å². The first-order valence-electron chi connectivity index (χ1n) is 16.9. The number of aliphatic hydroxyl groups excluding tert-OH is 1. The van der Waals surface area contributed by atoms with Gasteiger partial charge in [-0.15, -0.1) is 6.58 Å². The summed E-state index contributed by atoms with van der Waals surface area (Å²) in [6, 6.07) is 32.5. The maximum Gasteiger partial charge on any atom is 0.323 e. The normalized spacial score (nSPS) is 21.1. The van der Waals surface area contributed by atoms with Gasteiger partial charge < -0.3 is 30.0 Å². The first kappa shape index (κ1) is 33.4. The SMILES string of the molecule is C=CCN(C[C@@H]1O[C@H](c2cccc(NC(=O)Nc3ccc(Oc4ccccc4)cc3)c2)O[C@H](c2ccc(CO)cc2)[C@@H]1C)C1CCCC1. The molecule has 2 fully saturated rings. The lowest BCUT2D eigenvalue weighted by Gasteiger charge is -2.43. The summed E-state index contributed by atoms with van der Waals surface area (Å²) >= 11 is 0. The van der Waals surface area contributed by atoms with Crippen LogP contribution >= 0.6 is 0 Å². The number of carbonyl (C=O) groups excluding carboxylic acids is 1. The highest BCUT2D eigenvalue weighted by Gasteiger charge is 2.40. The van der Waals surface area contributed by atoms with Crippen LogP contribution in [-0.2, 0) is 16.1 Å². The van der Waals surface area contributed by atoms with Gasteiger partial charge >= 0.3 is 6.03 Å². The zero-order valence-electron chi connectivity index (χ0n) is 27.5. The minimum atomic E-state index is -0.634. The van der Waals surface area contributed by atoms with E-state index in [4.69, 9.17) is 14.2 Å². The molecule has 0 radical (unpaired) electrons. The molecular formula is C40H45N3O5. The lowest BCUT2D eigenvalue weighted by Crippen LogP contribution is -2.47. The quantitative estimate of drug-likeness (QED) is 0.133. The molecule has 1 saturated carbocycles. The number of hydrogen-bond donors (Lipinski definition) is 3. The molecular weight excluding hydrogens is 602 g/mol. The zero-order chi connectivity index (χ0) is 33.3. The fraction of sp³-hybridized carbons (Fsp3) is 0.325. The molecule has 6 rings (SSSR count). The Morgan fingerprint density at radius 2 is 1.58 bits per heavy atom. The number of anilines is 2. The summed E-state index contributed by atoms with van der Waals surface area (Å²) in [6.45, 7) is 7.81. The van der Waals surface area contributed by atoms with Crippen molar-refractivity contribution in [2.24, 2.45) is 5.92 Å². The van der Waals surface area contributed by atoms with E-state index in [1.807, 2.05) is 97.1 Å². The number of benzene rings is 4. The molecule has 0 bridgehead atoms. The van der Waals surface area contributed by atoms with Crippen LogP contribution in [0.1, 0.15) is 61.7 Å². The molecule has 8 heteroatoms. The van der Waals surface area contributed by atoms with Gasteiger partial charge in [-0.3, -0.25) is 4.90 Å². The number of carbonyl (C=O) groups is 1. The molecule has 4 aromatic carbocycles. The first-order valence-corrected chi connectivity index (χ1v) is 16.9. The van der Waals surface area contributed by atoms with Crippen LogP contribution in [0.15, 0.2) is 116 Å². The van der Waals surface area contributed by atoms with Gasteiger partial charge in [0.25, 0.3) is 0 Å². The fourth-order valence-electron chi connectivity index (χ4n) is 6.65. The van der Waals surface area contributed by atoms with Crippen molar-refractivity contribution in [3.8, 4) is 11.5 Å². The van der Waals surface area contributed by atoms with Crippen LogP contribution < -0.4 is 15.4 Å². The van der Waals surface area contributed by atoms with Gasteiger partial charge in [0.1, 0.15) is 11.5 Å². The van der Waals surface area contributed by atoms with Crippen LogP contribution in [-0.4, -0.2) is 41.3 Å². The van der Waals surface area contributed by atoms with Gasteiger partial charge in [0.15, 0.2) is 6.29 Å². The summed E-state index contributed by atoms with van der Waals surface area (Å²) in [7, 11) is 0. The molecule has 0 aromatic heterocycles. The van der Waals surface area contributed by atoms with E-state index in [-0.39, 0.29) is 30.8 Å². The van der Waals surface area contributed by atoms with Crippen molar-refractivity contribution in [2.75, 3.05) is 23.7 Å². The predicted octanol–water partition coefficient (Wildman–Crippen LogP) is 8.84. The summed E-state index contributed by atoms with van der Waals surface area (Å²) in [5.74, 6) is 1.50. The van der Waals surface area contributed by atoms with Crippen molar-refractivity contribution in [3.63, 3.8) is 0 Å². The topological polar surface area (TPSA) is 92.3 Å². The van der Waals surface area contributed by atoms with E-state index in [9.17, 15) is 9.90 Å². The van der Waals surface area contributed by atoms with Gasteiger partial charge in [0.05, 0.1) is 18.8 Å². The average Bonchev–Trinajstić information content (AvgIpc) is 3.66. The zero-order valence-corrected chi connectivity index (χ0v) is 27.5. The largest absolute Gasteiger partial charge is 0.457 e. The Labute approximate surface area is 283 Å². The van der Waals surface area contributed by atoms with Crippen LogP contribution in [0.25, 0.3) is 0 Å². The summed E-state index contributed by atoms with van der Waals surface area (Å²) in [4.78, 5) is 15.5. The first-order chi connectivity index (χ1) is 23.5. The second-order valence-corrected chi connectivity index (χ2v) is 12.6. The van der Waals surface area contributed by atoms with Gasteiger partial charge in [-0.25, -0.2) is 4.79 Å². The molecule has 48 heavy (non-hydrogen) atoms. The monoisotopic (exact) mass is 647 g/mol. The number of hydrogen-bond acceptors (Lipinski definition) is 6. The Kier molecular flexibility index (Phi) is 11.2. The Balaban J connectivity index is 1.16. The van der Waals surface area contributed by atoms with Crippen molar-refractivity contribution >= 4 is 17.4 Å². The summed E-state index contributed by atoms with van der Waals surface area (Å²) in [5, 5.41) is 15.4. The molecule has 1 saturated heterocycles. The number of aliphatic hydroxyl groups is 1. The highest BCUT2D eigenvalue weighted by Crippen LogP contribution is 2.42. The molecule has 0 unspecified atom stereocenters. The molecule has 250 valence electrons. The fourth-order valence-corrected chi connectivity index (χ4v) is 6.65. The van der Waals surface area contributed by atoms with Crippen LogP contribution in [0.2, 0.25) is 0 Å². The third-order valence-electron chi connectivity index (χ3n) is 9.25. The number of ether oxygens (including phenoxy) is 3. The molecule has 1 aliphatic carbocycles. The summed E-state index contributed by atoms with van der Waals surface area (Å²) in [5.41, 5.74) is 3.99. The summed E-state index contributed by atoms with van der Waals surface area (Å²) < 4.78 is 19.3. The molecule has 2 amide bonds. The number of rotatable bonds is 12. The van der Waals surface area contributed by atoms with Gasteiger partial charge in [0.2, 0.25) is 0 Å². The molecule has 4 atom stereocenters. The van der Waals surface area contributed by atoms with E-state index in [1.165, 1.54) is 25.7 Å². The highest BCUT2D eigenvalue weighted by atomic mass is 16.7. The van der Waals surface area contributed by atoms with Crippen LogP contribution in [0, 0.1) is 5.92 Å². The molecule has 1 heterocycles. The van der Waals surface area contributed by atoms with E-state index in [1.54, 1.807) is 12.1 Å². The average molecular weight is 648 g/mol. The lowest BCUT2D eigenvalue weighted by molar-refractivity contribution is -0.276. The molecule has 3 N–H and O–H groups in total. The standard InChI is InChI=1S/C40H45N3O5/c1-3-24-43(34-12-7-8-13-34)26-37-28(2)38(30-18-16-29(27-44)17-19-30)48-39(47-37)31-10-9-11-33(25-31)42-40(45)41-32-20-22-36(23-21-32)46-35-14-5-4-6-15-35/h3-6,9-11,14-23,25,28,34,37-39,44H,1,7-8,12-13,24,26-27H2,2H3,(H2,41,42,45)/t28-,37+,38+,39+/m1/s1. The van der Waals surface area contributed by atoms with Crippen molar-refractivity contribution < 1.29 is 24.1 Å². The van der Waals surface area contributed by atoms with Crippen LogP contribution in [0.3, 0.4) is 0 Å². The Morgan fingerprint density at radius 1 is 0.875 bits per heavy atom. The Hall–Kier alpha value is -4.47. The number of nitrogens with zero attached hydrogens (tertiary/aromatic N) is 1. The van der Waals surface area contributed by atoms with Crippen molar-refractivity contribution in [2.45, 2.75) is 63.8 Å². The van der Waals surface area contributed by atoms with Gasteiger partial charge in [-0.1, -0.05) is 80.4 Å². The maximum atomic E-state index is 13.0. The van der Waals surface area contributed by atoms with Crippen molar-refractivity contribution in [1.82, 2.24) is 4.90 Å². The van der Waals surface area contributed by atoms with Gasteiger partial charge in [-0.2, -0.15) is 0 Å². The van der Waals surface area contributed by atoms with Gasteiger partial charge in [0, 0.05) is 42.0 Å². The molecule has 0 spiro atoms. The van der Waals surface area contributed by atoms with E-state index in [0.717, 1.165) is 35.5 Å². The molecule has 2 aliphatic rings. The van der Waals surface area contributed by atoms with E-state index in [0.29, 0.717) is 23.2 Å². The Bertz CT molecular complexity index is 1620. The maximum absolute atomic E-state index is 13.0. The van der Waals surface area contributed by atoms with Crippen molar-refractivity contribution in [3.05, 3.63) is 132 Å². The van der Waals surface area contributed by atoms with Crippen LogP contribution in [0.5, 0.6) is 11.5 Å². The number of para-hydroxylation sites is 1. The van der Waals surface area contributed by atoms with Crippen LogP contribution in [0.4, 0.5) is 16.2 Å². The van der Waals surface area contributed by atoms with E-state index in [2.05, 4.69) is 29.0 Å². The predicted molar refractivity (Wildman–Crippen MR) is 189 cm³/mol. The third kappa shape index (κ3) is 8.51. The number of nitrogens with one attached hydrogen (secondary N) is 2. The minimum absolute atomic E-state index is 0.00499. The minimum Gasteiger partial charge on any atom is -0.457 e. The van der Waals surface area contributed by atoms with Gasteiger partial charge in [-0.05, 0) is 72.5 Å². The molecule has 4 aromatic rings. The molecule has 1 aliphatic heterocycles. The summed E-state index contributed by atoms with van der Waals surface area (Å²) in [6.07, 6.45) is 5.94. The number of urea groups is 1. The second-order valence-electron chi connectivity index (χ2n) is 12.6. The lowest BCUT2D eigenvalue weighted by atomic mass is 9.89. The van der Waals surface area contributed by atoms with Crippen molar-refractivity contribution in [1.29, 1.82) is 0 Å². The molecule has 8 nitrogen and oxygen atoms in total. The smallest absolute Gasteiger partial charge is 0.323 e. The highest BCUT2D eigenvalue weighted by molar-refractivity contribution is 5.99. The number of amides is 2. The van der Waals surface area contributed by atoms with E-state index >= 15 is 0 Å². The Morgan fingerprint density at radius 3 is 2.29 bits per heavy atom. The third-order valence-corrected chi connectivity index (χ3v) is 9.25. The second kappa shape index (κ2) is 16.1.